The SMILES string of the molecule is CC1CC(S)C(C#N)C(C)N1C(=O)OC(C)(C)C. The summed E-state index contributed by atoms with van der Waals surface area (Å²) in [5.74, 6) is -0.253. The van der Waals surface area contributed by atoms with E-state index in [0.29, 0.717) is 6.42 Å². The Bertz CT molecular complexity index is 359. The normalized spacial score (nSPS) is 32.8. The number of ether oxygens (including phenoxy) is 1. The van der Waals surface area contributed by atoms with E-state index in [-0.39, 0.29) is 29.3 Å². The molecule has 0 aliphatic carbocycles. The number of hydrogen-bond donors (Lipinski definition) is 1. The van der Waals surface area contributed by atoms with Crippen molar-refractivity contribution in [3.8, 4) is 6.07 Å². The van der Waals surface area contributed by atoms with Gasteiger partial charge in [0.2, 0.25) is 0 Å². The number of nitriles is 1. The molecule has 4 atom stereocenters. The first kappa shape index (κ1) is 15.2. The number of amides is 1. The maximum absolute atomic E-state index is 12.2. The van der Waals surface area contributed by atoms with Gasteiger partial charge in [-0.25, -0.2) is 4.79 Å². The van der Waals surface area contributed by atoms with Crippen LogP contribution in [0.2, 0.25) is 0 Å². The summed E-state index contributed by atoms with van der Waals surface area (Å²) < 4.78 is 5.40. The summed E-state index contributed by atoms with van der Waals surface area (Å²) in [6.45, 7) is 9.38. The van der Waals surface area contributed by atoms with Crippen LogP contribution in [0.15, 0.2) is 0 Å². The number of hydrogen-bond acceptors (Lipinski definition) is 4. The molecule has 0 saturated carbocycles. The molecule has 0 aromatic heterocycles. The van der Waals surface area contributed by atoms with Crippen LogP contribution >= 0.6 is 12.6 Å². The lowest BCUT2D eigenvalue weighted by atomic mass is 9.87. The van der Waals surface area contributed by atoms with Crippen molar-refractivity contribution >= 4 is 18.7 Å². The van der Waals surface area contributed by atoms with Crippen LogP contribution in [-0.2, 0) is 4.74 Å². The standard InChI is InChI=1S/C13H22N2O2S/c1-8-6-11(18)10(7-14)9(2)15(8)12(16)17-13(3,4)5/h8-11,18H,6H2,1-5H3. The monoisotopic (exact) mass is 270 g/mol. The average Bonchev–Trinajstić information content (AvgIpc) is 2.13. The van der Waals surface area contributed by atoms with E-state index in [1.165, 1.54) is 0 Å². The van der Waals surface area contributed by atoms with Gasteiger partial charge in [-0.3, -0.25) is 0 Å². The maximum Gasteiger partial charge on any atom is 0.410 e. The van der Waals surface area contributed by atoms with E-state index in [0.717, 1.165) is 0 Å². The third-order valence-corrected chi connectivity index (χ3v) is 3.72. The third-order valence-electron chi connectivity index (χ3n) is 3.18. The van der Waals surface area contributed by atoms with E-state index in [1.54, 1.807) is 4.90 Å². The first-order valence-corrected chi connectivity index (χ1v) is 6.78. The van der Waals surface area contributed by atoms with Gasteiger partial charge in [0, 0.05) is 17.3 Å². The van der Waals surface area contributed by atoms with Crippen molar-refractivity contribution < 1.29 is 9.53 Å². The summed E-state index contributed by atoms with van der Waals surface area (Å²) >= 11 is 4.45. The molecular weight excluding hydrogens is 248 g/mol. The van der Waals surface area contributed by atoms with Crippen molar-refractivity contribution in [1.82, 2.24) is 4.90 Å². The summed E-state index contributed by atoms with van der Waals surface area (Å²) in [4.78, 5) is 13.8. The van der Waals surface area contributed by atoms with E-state index in [1.807, 2.05) is 34.6 Å². The summed E-state index contributed by atoms with van der Waals surface area (Å²) in [7, 11) is 0. The Morgan fingerprint density at radius 3 is 2.44 bits per heavy atom. The Morgan fingerprint density at radius 1 is 1.44 bits per heavy atom. The number of rotatable bonds is 0. The smallest absolute Gasteiger partial charge is 0.410 e. The van der Waals surface area contributed by atoms with E-state index in [2.05, 4.69) is 18.7 Å². The first-order chi connectivity index (χ1) is 8.17. The molecule has 4 nitrogen and oxygen atoms in total. The summed E-state index contributed by atoms with van der Waals surface area (Å²) in [6.07, 6.45) is 0.369. The molecule has 0 bridgehead atoms. The van der Waals surface area contributed by atoms with Gasteiger partial charge < -0.3 is 9.64 Å². The lowest BCUT2D eigenvalue weighted by molar-refractivity contribution is -0.00496. The van der Waals surface area contributed by atoms with Crippen molar-refractivity contribution in [2.45, 2.75) is 64.0 Å². The van der Waals surface area contributed by atoms with Gasteiger partial charge in [0.05, 0.1) is 12.0 Å². The van der Waals surface area contributed by atoms with Crippen LogP contribution in [0.3, 0.4) is 0 Å². The van der Waals surface area contributed by atoms with Gasteiger partial charge in [-0.2, -0.15) is 17.9 Å². The Balaban J connectivity index is 2.87. The molecule has 0 aromatic carbocycles. The Hall–Kier alpha value is -0.890. The van der Waals surface area contributed by atoms with E-state index in [4.69, 9.17) is 4.74 Å². The van der Waals surface area contributed by atoms with Gasteiger partial charge in [0.1, 0.15) is 5.60 Å². The maximum atomic E-state index is 12.2. The second-order valence-electron chi connectivity index (χ2n) is 5.94. The fourth-order valence-corrected chi connectivity index (χ4v) is 2.98. The predicted octanol–water partition coefficient (Wildman–Crippen LogP) is 2.84. The minimum absolute atomic E-state index is 0.0127. The molecule has 18 heavy (non-hydrogen) atoms. The van der Waals surface area contributed by atoms with E-state index in [9.17, 15) is 10.1 Å². The van der Waals surface area contributed by atoms with Gasteiger partial charge in [0.15, 0.2) is 0 Å². The zero-order valence-electron chi connectivity index (χ0n) is 11.7. The summed E-state index contributed by atoms with van der Waals surface area (Å²) in [6, 6.07) is 2.12. The molecule has 5 heteroatoms. The van der Waals surface area contributed by atoms with Crippen LogP contribution < -0.4 is 0 Å². The molecule has 0 N–H and O–H groups in total. The van der Waals surface area contributed by atoms with Crippen molar-refractivity contribution in [2.75, 3.05) is 0 Å². The zero-order valence-corrected chi connectivity index (χ0v) is 12.6. The summed E-state index contributed by atoms with van der Waals surface area (Å²) in [5, 5.41) is 9.19. The van der Waals surface area contributed by atoms with Gasteiger partial charge in [-0.1, -0.05) is 0 Å². The van der Waals surface area contributed by atoms with Crippen LogP contribution in [0.25, 0.3) is 0 Å². The fourth-order valence-electron chi connectivity index (χ4n) is 2.36. The quantitative estimate of drug-likeness (QED) is 0.689. The minimum atomic E-state index is -0.517. The average molecular weight is 270 g/mol. The van der Waals surface area contributed by atoms with Gasteiger partial charge in [-0.15, -0.1) is 0 Å². The number of likely N-dealkylation sites (tertiary alicyclic amines) is 1. The number of carbonyl (C=O) groups is 1. The van der Waals surface area contributed by atoms with Crippen LogP contribution in [-0.4, -0.2) is 33.9 Å². The first-order valence-electron chi connectivity index (χ1n) is 6.26. The molecule has 4 unspecified atom stereocenters. The van der Waals surface area contributed by atoms with Crippen LogP contribution in [0, 0.1) is 17.2 Å². The minimum Gasteiger partial charge on any atom is -0.444 e. The van der Waals surface area contributed by atoms with Crippen molar-refractivity contribution in [3.63, 3.8) is 0 Å². The highest BCUT2D eigenvalue weighted by atomic mass is 32.1. The summed E-state index contributed by atoms with van der Waals surface area (Å²) in [5.41, 5.74) is -0.517. The second-order valence-corrected chi connectivity index (χ2v) is 6.60. The van der Waals surface area contributed by atoms with Crippen molar-refractivity contribution in [2.24, 2.45) is 5.92 Å². The topological polar surface area (TPSA) is 53.3 Å². The molecule has 1 aliphatic rings. The molecule has 0 spiro atoms. The number of nitrogens with zero attached hydrogens (tertiary/aromatic N) is 2. The second kappa shape index (κ2) is 5.40. The molecule has 0 radical (unpaired) electrons. The molecule has 1 saturated heterocycles. The van der Waals surface area contributed by atoms with Crippen molar-refractivity contribution in [1.29, 1.82) is 5.26 Å². The largest absolute Gasteiger partial charge is 0.444 e. The molecule has 1 amide bonds. The highest BCUT2D eigenvalue weighted by Gasteiger charge is 2.41. The molecule has 1 rings (SSSR count). The molecule has 1 heterocycles. The predicted molar refractivity (Wildman–Crippen MR) is 73.5 cm³/mol. The Labute approximate surface area is 115 Å². The molecular formula is C13H22N2O2S. The molecule has 0 aromatic rings. The van der Waals surface area contributed by atoms with Crippen LogP contribution in [0.4, 0.5) is 4.79 Å². The molecule has 1 aliphatic heterocycles. The van der Waals surface area contributed by atoms with Crippen molar-refractivity contribution in [3.05, 3.63) is 0 Å². The van der Waals surface area contributed by atoms with Crippen LogP contribution in [0.1, 0.15) is 41.0 Å². The highest BCUT2D eigenvalue weighted by molar-refractivity contribution is 7.81. The number of thiol groups is 1. The Morgan fingerprint density at radius 2 is 2.00 bits per heavy atom. The van der Waals surface area contributed by atoms with Gasteiger partial charge >= 0.3 is 6.09 Å². The lowest BCUT2D eigenvalue weighted by Gasteiger charge is -2.44. The lowest BCUT2D eigenvalue weighted by Crippen LogP contribution is -2.55. The van der Waals surface area contributed by atoms with E-state index >= 15 is 0 Å². The van der Waals surface area contributed by atoms with Crippen LogP contribution in [0.5, 0.6) is 0 Å². The Kier molecular flexibility index (Phi) is 4.55. The highest BCUT2D eigenvalue weighted by Crippen LogP contribution is 2.32. The van der Waals surface area contributed by atoms with Gasteiger partial charge in [-0.05, 0) is 41.0 Å². The molecule has 102 valence electrons. The third kappa shape index (κ3) is 3.32. The number of piperidine rings is 1. The fraction of sp³-hybridized carbons (Fsp3) is 0.846. The molecule has 1 fully saturated rings. The van der Waals surface area contributed by atoms with Gasteiger partial charge in [0.25, 0.3) is 0 Å². The number of carbonyl (C=O) groups excluding carboxylic acids is 1. The van der Waals surface area contributed by atoms with E-state index < -0.39 is 5.60 Å². The zero-order chi connectivity index (χ0) is 14.1.